The van der Waals surface area contributed by atoms with Gasteiger partial charge in [0.05, 0.1) is 12.5 Å². The fourth-order valence-electron chi connectivity index (χ4n) is 4.09. The van der Waals surface area contributed by atoms with Crippen LogP contribution in [0.4, 0.5) is 5.69 Å². The van der Waals surface area contributed by atoms with Gasteiger partial charge in [-0.2, -0.15) is 0 Å². The van der Waals surface area contributed by atoms with Crippen LogP contribution >= 0.6 is 0 Å². The second-order valence-electron chi connectivity index (χ2n) is 8.13. The van der Waals surface area contributed by atoms with Crippen molar-refractivity contribution in [1.82, 2.24) is 15.5 Å². The molecule has 4 rings (SSSR count). The van der Waals surface area contributed by atoms with Gasteiger partial charge < -0.3 is 20.4 Å². The maximum absolute atomic E-state index is 12.6. The number of anilines is 1. The quantitative estimate of drug-likeness (QED) is 0.708. The van der Waals surface area contributed by atoms with Gasteiger partial charge in [0.15, 0.2) is 0 Å². The van der Waals surface area contributed by atoms with Crippen LogP contribution in [0.1, 0.15) is 17.5 Å². The first kappa shape index (κ1) is 20.9. The summed E-state index contributed by atoms with van der Waals surface area (Å²) in [5.74, 6) is -0.292. The molecular formula is C24H28N4O3. The maximum Gasteiger partial charge on any atom is 0.239 e. The average Bonchev–Trinajstić information content (AvgIpc) is 3.18. The van der Waals surface area contributed by atoms with Crippen molar-refractivity contribution < 1.29 is 14.4 Å². The first-order chi connectivity index (χ1) is 15.1. The summed E-state index contributed by atoms with van der Waals surface area (Å²) in [5, 5.41) is 5.79. The molecule has 31 heavy (non-hydrogen) atoms. The van der Waals surface area contributed by atoms with Crippen molar-refractivity contribution in [1.29, 1.82) is 0 Å². The Morgan fingerprint density at radius 3 is 2.55 bits per heavy atom. The van der Waals surface area contributed by atoms with Crippen LogP contribution in [0.5, 0.6) is 0 Å². The molecule has 2 aromatic rings. The lowest BCUT2D eigenvalue weighted by Gasteiger charge is -2.28. The van der Waals surface area contributed by atoms with Crippen LogP contribution in [0.15, 0.2) is 54.6 Å². The Balaban J connectivity index is 1.24. The van der Waals surface area contributed by atoms with Crippen molar-refractivity contribution in [3.8, 4) is 0 Å². The van der Waals surface area contributed by atoms with Crippen molar-refractivity contribution in [2.45, 2.75) is 19.4 Å². The van der Waals surface area contributed by atoms with Crippen LogP contribution in [-0.4, -0.2) is 55.3 Å². The van der Waals surface area contributed by atoms with Gasteiger partial charge >= 0.3 is 0 Å². The summed E-state index contributed by atoms with van der Waals surface area (Å²) in [6.45, 7) is 3.36. The molecule has 7 nitrogen and oxygen atoms in total. The van der Waals surface area contributed by atoms with E-state index < -0.39 is 0 Å². The predicted molar refractivity (Wildman–Crippen MR) is 118 cm³/mol. The van der Waals surface area contributed by atoms with Gasteiger partial charge in [-0.05, 0) is 29.7 Å². The number of benzene rings is 2. The highest BCUT2D eigenvalue weighted by Crippen LogP contribution is 2.19. The Kier molecular flexibility index (Phi) is 6.50. The molecule has 0 aliphatic carbocycles. The van der Waals surface area contributed by atoms with Crippen LogP contribution in [-0.2, 0) is 27.3 Å². The molecule has 1 atom stereocenters. The summed E-state index contributed by atoms with van der Waals surface area (Å²) < 4.78 is 0. The van der Waals surface area contributed by atoms with E-state index in [9.17, 15) is 14.4 Å². The largest absolute Gasteiger partial charge is 0.360 e. The third kappa shape index (κ3) is 5.42. The number of nitrogens with zero attached hydrogens (tertiary/aromatic N) is 2. The second-order valence-corrected chi connectivity index (χ2v) is 8.13. The molecular weight excluding hydrogens is 392 g/mol. The summed E-state index contributed by atoms with van der Waals surface area (Å²) >= 11 is 0. The standard InChI is InChI=1S/C24H28N4O3/c29-22-17-27(13-11-25-22)21-8-6-19(7-9-21)15-26-24(31)20-14-23(30)28(16-20)12-10-18-4-2-1-3-5-18/h1-9,20H,10-17H2,(H,25,29)(H,26,31)/t20-/m0/s1. The minimum atomic E-state index is -0.297. The van der Waals surface area contributed by atoms with Crippen molar-refractivity contribution in [2.24, 2.45) is 5.92 Å². The van der Waals surface area contributed by atoms with Crippen LogP contribution in [0.2, 0.25) is 0 Å². The van der Waals surface area contributed by atoms with E-state index in [2.05, 4.69) is 22.8 Å². The van der Waals surface area contributed by atoms with Crippen LogP contribution in [0.25, 0.3) is 0 Å². The number of hydrogen-bond donors (Lipinski definition) is 2. The molecule has 0 bridgehead atoms. The van der Waals surface area contributed by atoms with E-state index in [-0.39, 0.29) is 30.1 Å². The molecule has 0 radical (unpaired) electrons. The van der Waals surface area contributed by atoms with Crippen molar-refractivity contribution in [3.05, 3.63) is 65.7 Å². The maximum atomic E-state index is 12.6. The molecule has 2 N–H and O–H groups in total. The number of nitrogens with one attached hydrogen (secondary N) is 2. The van der Waals surface area contributed by atoms with Gasteiger partial charge in [-0.1, -0.05) is 42.5 Å². The number of carbonyl (C=O) groups is 3. The van der Waals surface area contributed by atoms with Crippen molar-refractivity contribution >= 4 is 23.4 Å². The molecule has 0 saturated carbocycles. The van der Waals surface area contributed by atoms with Gasteiger partial charge in [0, 0.05) is 44.8 Å². The number of likely N-dealkylation sites (tertiary alicyclic amines) is 1. The zero-order valence-corrected chi connectivity index (χ0v) is 17.5. The Bertz CT molecular complexity index is 930. The smallest absolute Gasteiger partial charge is 0.239 e. The lowest BCUT2D eigenvalue weighted by molar-refractivity contribution is -0.129. The minimum Gasteiger partial charge on any atom is -0.360 e. The molecule has 0 unspecified atom stereocenters. The molecule has 3 amide bonds. The first-order valence-electron chi connectivity index (χ1n) is 10.8. The SMILES string of the molecule is O=C1CN(c2ccc(CNC(=O)[C@H]3CC(=O)N(CCc4ccccc4)C3)cc2)CCN1. The zero-order chi connectivity index (χ0) is 21.6. The van der Waals surface area contributed by atoms with E-state index >= 15 is 0 Å². The molecule has 162 valence electrons. The number of carbonyl (C=O) groups excluding carboxylic acids is 3. The molecule has 2 aliphatic rings. The molecule has 0 spiro atoms. The third-order valence-corrected chi connectivity index (χ3v) is 5.91. The van der Waals surface area contributed by atoms with E-state index in [1.54, 1.807) is 4.90 Å². The Hall–Kier alpha value is -3.35. The Morgan fingerprint density at radius 1 is 1.03 bits per heavy atom. The van der Waals surface area contributed by atoms with Gasteiger partial charge in [-0.3, -0.25) is 14.4 Å². The first-order valence-corrected chi connectivity index (χ1v) is 10.8. The van der Waals surface area contributed by atoms with Crippen LogP contribution < -0.4 is 15.5 Å². The van der Waals surface area contributed by atoms with E-state index in [0.717, 1.165) is 24.2 Å². The van der Waals surface area contributed by atoms with Gasteiger partial charge in [0.2, 0.25) is 17.7 Å². The molecule has 2 aromatic carbocycles. The highest BCUT2D eigenvalue weighted by atomic mass is 16.2. The van der Waals surface area contributed by atoms with Gasteiger partial charge in [0.25, 0.3) is 0 Å². The number of piperazine rings is 1. The highest BCUT2D eigenvalue weighted by Gasteiger charge is 2.33. The van der Waals surface area contributed by atoms with Gasteiger partial charge in [0.1, 0.15) is 0 Å². The van der Waals surface area contributed by atoms with E-state index in [4.69, 9.17) is 0 Å². The number of amides is 3. The summed E-state index contributed by atoms with van der Waals surface area (Å²) in [7, 11) is 0. The van der Waals surface area contributed by atoms with Crippen LogP contribution in [0.3, 0.4) is 0 Å². The summed E-state index contributed by atoms with van der Waals surface area (Å²) in [4.78, 5) is 40.3. The van der Waals surface area contributed by atoms with Gasteiger partial charge in [-0.25, -0.2) is 0 Å². The molecule has 2 heterocycles. The Labute approximate surface area is 182 Å². The Morgan fingerprint density at radius 2 is 1.81 bits per heavy atom. The second kappa shape index (κ2) is 9.64. The van der Waals surface area contributed by atoms with Crippen molar-refractivity contribution in [2.75, 3.05) is 37.6 Å². The summed E-state index contributed by atoms with van der Waals surface area (Å²) in [6, 6.07) is 18.0. The lowest BCUT2D eigenvalue weighted by Crippen LogP contribution is -2.47. The van der Waals surface area contributed by atoms with E-state index in [0.29, 0.717) is 32.7 Å². The summed E-state index contributed by atoms with van der Waals surface area (Å²) in [6.07, 6.45) is 1.07. The monoisotopic (exact) mass is 420 g/mol. The average molecular weight is 421 g/mol. The van der Waals surface area contributed by atoms with Gasteiger partial charge in [-0.15, -0.1) is 0 Å². The predicted octanol–water partition coefficient (Wildman–Crippen LogP) is 1.33. The van der Waals surface area contributed by atoms with E-state index in [1.807, 2.05) is 47.4 Å². The fourth-order valence-corrected chi connectivity index (χ4v) is 4.09. The lowest BCUT2D eigenvalue weighted by atomic mass is 10.1. The molecule has 2 aliphatic heterocycles. The normalized spacial score (nSPS) is 18.8. The minimum absolute atomic E-state index is 0.0338. The van der Waals surface area contributed by atoms with E-state index in [1.165, 1.54) is 5.56 Å². The number of hydrogen-bond acceptors (Lipinski definition) is 4. The molecule has 2 saturated heterocycles. The molecule has 0 aromatic heterocycles. The highest BCUT2D eigenvalue weighted by molar-refractivity contribution is 5.89. The molecule has 7 heteroatoms. The topological polar surface area (TPSA) is 81.8 Å². The van der Waals surface area contributed by atoms with Crippen molar-refractivity contribution in [3.63, 3.8) is 0 Å². The van der Waals surface area contributed by atoms with Crippen LogP contribution in [0, 0.1) is 5.92 Å². The fraction of sp³-hybridized carbons (Fsp3) is 0.375. The third-order valence-electron chi connectivity index (χ3n) is 5.91. The number of rotatable bonds is 7. The summed E-state index contributed by atoms with van der Waals surface area (Å²) in [5.41, 5.74) is 3.18. The zero-order valence-electron chi connectivity index (χ0n) is 17.5. The molecule has 2 fully saturated rings.